The van der Waals surface area contributed by atoms with Crippen LogP contribution in [0.25, 0.3) is 0 Å². The van der Waals surface area contributed by atoms with Gasteiger partial charge in [0.15, 0.2) is 0 Å². The second kappa shape index (κ2) is 5.17. The SMILES string of the molecule is CCC1(c2ccccc2C2(O)CC(C)C(C)=C2C)OC=CO1. The van der Waals surface area contributed by atoms with Crippen molar-refractivity contribution >= 4 is 0 Å². The number of rotatable bonds is 3. The van der Waals surface area contributed by atoms with E-state index >= 15 is 0 Å². The maximum absolute atomic E-state index is 11.4. The molecule has 1 aromatic carbocycles. The van der Waals surface area contributed by atoms with Crippen molar-refractivity contribution in [3.05, 3.63) is 59.1 Å². The van der Waals surface area contributed by atoms with E-state index in [1.807, 2.05) is 38.1 Å². The molecule has 1 heterocycles. The van der Waals surface area contributed by atoms with Crippen LogP contribution in [0.1, 0.15) is 51.7 Å². The van der Waals surface area contributed by atoms with Gasteiger partial charge in [-0.15, -0.1) is 0 Å². The zero-order valence-corrected chi connectivity index (χ0v) is 13.7. The van der Waals surface area contributed by atoms with Gasteiger partial charge in [0.2, 0.25) is 0 Å². The van der Waals surface area contributed by atoms with Crippen molar-refractivity contribution in [1.29, 1.82) is 0 Å². The summed E-state index contributed by atoms with van der Waals surface area (Å²) in [5.41, 5.74) is 3.17. The van der Waals surface area contributed by atoms with Gasteiger partial charge >= 0.3 is 0 Å². The lowest BCUT2D eigenvalue weighted by Gasteiger charge is -2.34. The third kappa shape index (κ3) is 1.99. The third-order valence-corrected chi connectivity index (χ3v) is 5.37. The summed E-state index contributed by atoms with van der Waals surface area (Å²) in [5.74, 6) is -0.453. The van der Waals surface area contributed by atoms with Gasteiger partial charge in [-0.25, -0.2) is 0 Å². The topological polar surface area (TPSA) is 38.7 Å². The van der Waals surface area contributed by atoms with Crippen LogP contribution in [0.5, 0.6) is 0 Å². The first-order valence-corrected chi connectivity index (χ1v) is 7.95. The molecule has 2 aliphatic rings. The fourth-order valence-electron chi connectivity index (χ4n) is 3.72. The summed E-state index contributed by atoms with van der Waals surface area (Å²) in [7, 11) is 0. The van der Waals surface area contributed by atoms with Crippen molar-refractivity contribution in [3.8, 4) is 0 Å². The lowest BCUT2D eigenvalue weighted by molar-refractivity contribution is -0.153. The average molecular weight is 300 g/mol. The summed E-state index contributed by atoms with van der Waals surface area (Å²) in [5, 5.41) is 11.4. The van der Waals surface area contributed by atoms with E-state index in [0.717, 1.165) is 16.7 Å². The van der Waals surface area contributed by atoms with Gasteiger partial charge in [-0.2, -0.15) is 0 Å². The highest BCUT2D eigenvalue weighted by atomic mass is 16.7. The molecule has 0 saturated heterocycles. The lowest BCUT2D eigenvalue weighted by atomic mass is 9.81. The molecule has 2 unspecified atom stereocenters. The molecular formula is C19H24O3. The van der Waals surface area contributed by atoms with Gasteiger partial charge in [0.25, 0.3) is 5.79 Å². The molecule has 0 radical (unpaired) electrons. The Labute approximate surface area is 132 Å². The van der Waals surface area contributed by atoms with E-state index in [1.54, 1.807) is 12.5 Å². The Morgan fingerprint density at radius 1 is 1.14 bits per heavy atom. The van der Waals surface area contributed by atoms with Crippen LogP contribution in [-0.4, -0.2) is 5.11 Å². The third-order valence-electron chi connectivity index (χ3n) is 5.37. The fourth-order valence-corrected chi connectivity index (χ4v) is 3.72. The minimum atomic E-state index is -0.947. The number of aliphatic hydroxyl groups is 1. The largest absolute Gasteiger partial charge is 0.453 e. The number of hydrogen-bond acceptors (Lipinski definition) is 3. The second-order valence-electron chi connectivity index (χ2n) is 6.43. The van der Waals surface area contributed by atoms with Crippen molar-refractivity contribution in [3.63, 3.8) is 0 Å². The first kappa shape index (κ1) is 15.2. The lowest BCUT2D eigenvalue weighted by Crippen LogP contribution is -2.34. The zero-order chi connectivity index (χ0) is 16.0. The van der Waals surface area contributed by atoms with Gasteiger partial charge in [-0.3, -0.25) is 0 Å². The van der Waals surface area contributed by atoms with Gasteiger partial charge in [-0.1, -0.05) is 43.7 Å². The van der Waals surface area contributed by atoms with E-state index in [4.69, 9.17) is 9.47 Å². The van der Waals surface area contributed by atoms with Crippen LogP contribution in [0, 0.1) is 5.92 Å². The van der Waals surface area contributed by atoms with Crippen molar-refractivity contribution in [1.82, 2.24) is 0 Å². The van der Waals surface area contributed by atoms with Crippen LogP contribution in [0.3, 0.4) is 0 Å². The Hall–Kier alpha value is -1.74. The smallest absolute Gasteiger partial charge is 0.276 e. The molecule has 2 atom stereocenters. The van der Waals surface area contributed by atoms with Crippen molar-refractivity contribution in [2.45, 2.75) is 51.9 Å². The number of hydrogen-bond donors (Lipinski definition) is 1. The Balaban J connectivity index is 2.14. The second-order valence-corrected chi connectivity index (χ2v) is 6.43. The molecular weight excluding hydrogens is 276 g/mol. The van der Waals surface area contributed by atoms with Crippen LogP contribution in [0.4, 0.5) is 0 Å². The fraction of sp³-hybridized carbons (Fsp3) is 0.474. The maximum atomic E-state index is 11.4. The standard InChI is InChI=1S/C19H24O3/c1-5-19(21-10-11-22-19)17-9-7-6-8-16(17)18(20)12-13(2)14(3)15(18)4/h6-11,13,20H,5,12H2,1-4H3. The molecule has 1 N–H and O–H groups in total. The molecule has 0 spiro atoms. The zero-order valence-electron chi connectivity index (χ0n) is 13.7. The van der Waals surface area contributed by atoms with E-state index in [1.165, 1.54) is 5.57 Å². The summed E-state index contributed by atoms with van der Waals surface area (Å²) >= 11 is 0. The summed E-state index contributed by atoms with van der Waals surface area (Å²) in [6, 6.07) is 7.92. The van der Waals surface area contributed by atoms with Gasteiger partial charge in [0, 0.05) is 12.0 Å². The van der Waals surface area contributed by atoms with Crippen molar-refractivity contribution in [2.24, 2.45) is 5.92 Å². The highest BCUT2D eigenvalue weighted by Gasteiger charge is 2.46. The highest BCUT2D eigenvalue weighted by Crippen LogP contribution is 2.49. The van der Waals surface area contributed by atoms with Crippen LogP contribution in [0.2, 0.25) is 0 Å². The molecule has 0 amide bonds. The molecule has 118 valence electrons. The van der Waals surface area contributed by atoms with Crippen LogP contribution < -0.4 is 0 Å². The summed E-state index contributed by atoms with van der Waals surface area (Å²) < 4.78 is 11.6. The first-order valence-electron chi connectivity index (χ1n) is 7.95. The van der Waals surface area contributed by atoms with Crippen molar-refractivity contribution in [2.75, 3.05) is 0 Å². The van der Waals surface area contributed by atoms with Gasteiger partial charge in [0.1, 0.15) is 18.1 Å². The number of ether oxygens (including phenoxy) is 2. The van der Waals surface area contributed by atoms with Crippen LogP contribution >= 0.6 is 0 Å². The quantitative estimate of drug-likeness (QED) is 0.844. The molecule has 22 heavy (non-hydrogen) atoms. The molecule has 3 heteroatoms. The molecule has 1 aliphatic heterocycles. The monoisotopic (exact) mass is 300 g/mol. The van der Waals surface area contributed by atoms with Crippen LogP contribution in [0.15, 0.2) is 47.9 Å². The average Bonchev–Trinajstić information content (AvgIpc) is 3.09. The molecule has 0 aromatic heterocycles. The molecule has 1 aliphatic carbocycles. The van der Waals surface area contributed by atoms with E-state index < -0.39 is 11.4 Å². The van der Waals surface area contributed by atoms with E-state index in [9.17, 15) is 5.11 Å². The van der Waals surface area contributed by atoms with E-state index in [0.29, 0.717) is 18.8 Å². The Morgan fingerprint density at radius 3 is 2.23 bits per heavy atom. The Morgan fingerprint density at radius 2 is 1.73 bits per heavy atom. The van der Waals surface area contributed by atoms with E-state index in [-0.39, 0.29) is 0 Å². The Kier molecular flexibility index (Phi) is 3.56. The Bertz CT molecular complexity index is 636. The van der Waals surface area contributed by atoms with Gasteiger partial charge < -0.3 is 14.6 Å². The summed E-state index contributed by atoms with van der Waals surface area (Å²) in [6.07, 6.45) is 4.53. The van der Waals surface area contributed by atoms with E-state index in [2.05, 4.69) is 13.8 Å². The molecule has 0 bridgehead atoms. The molecule has 0 fully saturated rings. The molecule has 3 rings (SSSR count). The van der Waals surface area contributed by atoms with Crippen LogP contribution in [-0.2, 0) is 20.9 Å². The molecule has 1 aromatic rings. The predicted octanol–water partition coefficient (Wildman–Crippen LogP) is 4.33. The highest BCUT2D eigenvalue weighted by molar-refractivity contribution is 5.45. The summed E-state index contributed by atoms with van der Waals surface area (Å²) in [4.78, 5) is 0. The molecule has 3 nitrogen and oxygen atoms in total. The first-order chi connectivity index (χ1) is 10.4. The minimum Gasteiger partial charge on any atom is -0.453 e. The van der Waals surface area contributed by atoms with Gasteiger partial charge in [-0.05, 0) is 37.3 Å². The maximum Gasteiger partial charge on any atom is 0.276 e. The minimum absolute atomic E-state index is 0.374. The normalized spacial score (nSPS) is 29.6. The van der Waals surface area contributed by atoms with Crippen molar-refractivity contribution < 1.29 is 14.6 Å². The summed E-state index contributed by atoms with van der Waals surface area (Å²) in [6.45, 7) is 8.33. The number of allylic oxidation sites excluding steroid dienone is 1. The molecule has 0 saturated carbocycles. The predicted molar refractivity (Wildman–Crippen MR) is 85.8 cm³/mol. The van der Waals surface area contributed by atoms with Gasteiger partial charge in [0.05, 0.1) is 0 Å². The number of benzene rings is 1.